The van der Waals surface area contributed by atoms with Gasteiger partial charge in [0.1, 0.15) is 11.4 Å². The second-order valence-corrected chi connectivity index (χ2v) is 14.4. The van der Waals surface area contributed by atoms with E-state index in [1.807, 2.05) is 0 Å². The Kier molecular flexibility index (Phi) is 7.09. The first-order valence-corrected chi connectivity index (χ1v) is 13.7. The van der Waals surface area contributed by atoms with Crippen molar-refractivity contribution in [1.82, 2.24) is 14.8 Å². The lowest BCUT2D eigenvalue weighted by Crippen LogP contribution is -2.41. The normalized spacial score (nSPS) is 12.7. The molecule has 0 atom stereocenters. The first kappa shape index (κ1) is 26.4. The summed E-state index contributed by atoms with van der Waals surface area (Å²) in [5, 5.41) is 18.9. The molecule has 8 nitrogen and oxygen atoms in total. The molecule has 1 aromatic carbocycles. The van der Waals surface area contributed by atoms with E-state index in [1.165, 1.54) is 12.1 Å². The van der Waals surface area contributed by atoms with Gasteiger partial charge in [0.2, 0.25) is 0 Å². The Morgan fingerprint density at radius 3 is 2.46 bits per heavy atom. The fraction of sp³-hybridized carbons (Fsp3) is 0.391. The van der Waals surface area contributed by atoms with Crippen molar-refractivity contribution in [2.24, 2.45) is 0 Å². The Labute approximate surface area is 201 Å². The molecule has 0 radical (unpaired) electrons. The molecule has 0 fully saturated rings. The molecule has 188 valence electrons. The first-order valence-electron chi connectivity index (χ1n) is 10.8. The van der Waals surface area contributed by atoms with Gasteiger partial charge in [-0.25, -0.2) is 4.98 Å². The second kappa shape index (κ2) is 9.42. The van der Waals surface area contributed by atoms with Gasteiger partial charge in [-0.15, -0.1) is 0 Å². The minimum Gasteiger partial charge on any atom is -0.545 e. The number of carbonyl (C=O) groups is 2. The van der Waals surface area contributed by atoms with Crippen LogP contribution in [-0.2, 0) is 17.1 Å². The van der Waals surface area contributed by atoms with Crippen molar-refractivity contribution >= 4 is 36.8 Å². The molecule has 1 amide bonds. The summed E-state index contributed by atoms with van der Waals surface area (Å²) in [6.45, 7) is 11.5. The number of rotatable bonds is 7. The molecular weight excluding hydrogens is 481 g/mol. The number of carboxylic acids is 1. The number of nitrogens with one attached hydrogen (secondary N) is 1. The third kappa shape index (κ3) is 6.06. The molecular formula is C23H26F3N4O4Si-. The fourth-order valence-corrected chi connectivity index (χ4v) is 4.06. The van der Waals surface area contributed by atoms with E-state index in [0.717, 1.165) is 18.2 Å². The number of amides is 1. The van der Waals surface area contributed by atoms with Gasteiger partial charge in [0.15, 0.2) is 8.32 Å². The summed E-state index contributed by atoms with van der Waals surface area (Å²) in [5.74, 6) is -2.57. The number of pyridine rings is 1. The number of alkyl halides is 3. The molecule has 0 aliphatic heterocycles. The van der Waals surface area contributed by atoms with Crippen LogP contribution in [0.25, 0.3) is 10.9 Å². The van der Waals surface area contributed by atoms with Crippen LogP contribution in [0.1, 0.15) is 47.3 Å². The maximum atomic E-state index is 12.9. The van der Waals surface area contributed by atoms with Crippen LogP contribution in [0.5, 0.6) is 0 Å². The zero-order chi connectivity index (χ0) is 26.2. The molecule has 0 unspecified atom stereocenters. The molecule has 0 aliphatic rings. The van der Waals surface area contributed by atoms with E-state index >= 15 is 0 Å². The van der Waals surface area contributed by atoms with E-state index in [9.17, 15) is 27.9 Å². The summed E-state index contributed by atoms with van der Waals surface area (Å²) < 4.78 is 46.5. The van der Waals surface area contributed by atoms with Crippen LogP contribution in [-0.4, -0.2) is 41.6 Å². The van der Waals surface area contributed by atoms with Crippen LogP contribution in [0.3, 0.4) is 0 Å². The van der Waals surface area contributed by atoms with Gasteiger partial charge in [-0.1, -0.05) is 26.8 Å². The molecule has 3 rings (SSSR count). The Morgan fingerprint density at radius 1 is 1.17 bits per heavy atom. The quantitative estimate of drug-likeness (QED) is 0.483. The topological polar surface area (TPSA) is 109 Å². The number of hydrogen-bond donors (Lipinski definition) is 1. The van der Waals surface area contributed by atoms with Crippen molar-refractivity contribution in [3.05, 3.63) is 53.5 Å². The number of benzene rings is 1. The maximum absolute atomic E-state index is 12.9. The molecule has 2 aromatic heterocycles. The van der Waals surface area contributed by atoms with E-state index < -0.39 is 37.8 Å². The first-order chi connectivity index (χ1) is 16.1. The Hall–Kier alpha value is -3.25. The molecule has 2 heterocycles. The molecule has 12 heteroatoms. The largest absolute Gasteiger partial charge is 0.545 e. The molecule has 1 N–H and O–H groups in total. The lowest BCUT2D eigenvalue weighted by atomic mass is 10.1. The van der Waals surface area contributed by atoms with Crippen LogP contribution < -0.4 is 10.4 Å². The Morgan fingerprint density at radius 2 is 1.86 bits per heavy atom. The molecule has 0 saturated carbocycles. The van der Waals surface area contributed by atoms with Crippen molar-refractivity contribution in [3.63, 3.8) is 0 Å². The number of fused-ring (bicyclic) bond motifs is 1. The van der Waals surface area contributed by atoms with Crippen LogP contribution in [0.2, 0.25) is 18.1 Å². The van der Waals surface area contributed by atoms with Gasteiger partial charge in [-0.2, -0.15) is 18.3 Å². The zero-order valence-electron chi connectivity index (χ0n) is 20.0. The average molecular weight is 508 g/mol. The lowest BCUT2D eigenvalue weighted by molar-refractivity contribution is -0.254. The second-order valence-electron chi connectivity index (χ2n) is 9.60. The maximum Gasteiger partial charge on any atom is 0.433 e. The number of nitrogens with zero attached hydrogens (tertiary/aromatic N) is 3. The minimum absolute atomic E-state index is 0.0484. The molecule has 0 aliphatic carbocycles. The smallest absolute Gasteiger partial charge is 0.433 e. The molecule has 0 bridgehead atoms. The lowest BCUT2D eigenvalue weighted by Gasteiger charge is -2.36. The highest BCUT2D eigenvalue weighted by molar-refractivity contribution is 6.74. The fourth-order valence-electron chi connectivity index (χ4n) is 3.03. The van der Waals surface area contributed by atoms with Crippen molar-refractivity contribution in [2.75, 3.05) is 11.9 Å². The molecule has 3 aromatic rings. The van der Waals surface area contributed by atoms with Crippen LogP contribution >= 0.6 is 0 Å². The third-order valence-corrected chi connectivity index (χ3v) is 10.6. The van der Waals surface area contributed by atoms with E-state index in [0.29, 0.717) is 24.1 Å². The summed E-state index contributed by atoms with van der Waals surface area (Å²) in [4.78, 5) is 27.5. The number of anilines is 1. The van der Waals surface area contributed by atoms with Gasteiger partial charge in [-0.3, -0.25) is 9.48 Å². The number of carboxylic acid groups (broad SMARTS) is 1. The van der Waals surface area contributed by atoms with Gasteiger partial charge in [0, 0.05) is 17.1 Å². The van der Waals surface area contributed by atoms with Crippen LogP contribution in [0, 0.1) is 0 Å². The summed E-state index contributed by atoms with van der Waals surface area (Å²) in [6, 6.07) is 5.50. The van der Waals surface area contributed by atoms with E-state index in [2.05, 4.69) is 49.3 Å². The van der Waals surface area contributed by atoms with Gasteiger partial charge in [0.25, 0.3) is 5.91 Å². The Bertz CT molecular complexity index is 1270. The number of carbonyl (C=O) groups excluding carboxylic acids is 2. The van der Waals surface area contributed by atoms with E-state index in [4.69, 9.17) is 4.43 Å². The van der Waals surface area contributed by atoms with Crippen molar-refractivity contribution in [3.8, 4) is 0 Å². The van der Waals surface area contributed by atoms with Crippen molar-refractivity contribution < 1.29 is 32.3 Å². The SMILES string of the molecule is CC(C)(C)[Si](C)(C)OCCn1cc2cc(NC(=O)c3cccc(C(F)(F)F)n3)c(C(=O)[O-])cc2n1. The minimum atomic E-state index is -4.73. The summed E-state index contributed by atoms with van der Waals surface area (Å²) in [7, 11) is -1.95. The van der Waals surface area contributed by atoms with Gasteiger partial charge < -0.3 is 19.6 Å². The highest BCUT2D eigenvalue weighted by Gasteiger charge is 2.37. The molecule has 0 spiro atoms. The predicted molar refractivity (Wildman–Crippen MR) is 124 cm³/mol. The molecule has 35 heavy (non-hydrogen) atoms. The highest BCUT2D eigenvalue weighted by atomic mass is 28.4. The average Bonchev–Trinajstić information content (AvgIpc) is 3.13. The monoisotopic (exact) mass is 507 g/mol. The van der Waals surface area contributed by atoms with Gasteiger partial charge in [-0.05, 0) is 42.4 Å². The van der Waals surface area contributed by atoms with Crippen molar-refractivity contribution in [2.45, 2.75) is 51.6 Å². The van der Waals surface area contributed by atoms with E-state index in [-0.39, 0.29) is 16.3 Å². The van der Waals surface area contributed by atoms with Gasteiger partial charge in [0.05, 0.1) is 30.3 Å². The number of hydrogen-bond acceptors (Lipinski definition) is 6. The van der Waals surface area contributed by atoms with Crippen LogP contribution in [0.4, 0.5) is 18.9 Å². The van der Waals surface area contributed by atoms with Crippen LogP contribution in [0.15, 0.2) is 36.5 Å². The molecule has 0 saturated heterocycles. The number of aromatic carboxylic acids is 1. The summed E-state index contributed by atoms with van der Waals surface area (Å²) >= 11 is 0. The third-order valence-electron chi connectivity index (χ3n) is 6.02. The summed E-state index contributed by atoms with van der Waals surface area (Å²) in [6.07, 6.45) is -3.06. The van der Waals surface area contributed by atoms with E-state index in [1.54, 1.807) is 10.9 Å². The summed E-state index contributed by atoms with van der Waals surface area (Å²) in [5.41, 5.74) is -1.89. The van der Waals surface area contributed by atoms with Crippen molar-refractivity contribution in [1.29, 1.82) is 0 Å². The standard InChI is InChI=1S/C23H27F3N4O4Si/c1-22(2,3)35(4,5)34-10-9-30-13-14-11-18(15(21(32)33)12-17(14)29-30)28-20(31)16-7-6-8-19(27-16)23(24,25)26/h6-8,11-13H,9-10H2,1-5H3,(H,28,31)(H,32,33)/p-1. The van der Waals surface area contributed by atoms with Gasteiger partial charge >= 0.3 is 6.18 Å². The number of halogens is 3. The zero-order valence-corrected chi connectivity index (χ0v) is 21.0. The predicted octanol–water partition coefficient (Wildman–Crippen LogP) is 4.09. The number of aromatic nitrogens is 3. The Balaban J connectivity index is 1.84. The highest BCUT2D eigenvalue weighted by Crippen LogP contribution is 2.36.